The Hall–Kier alpha value is -4.39. The van der Waals surface area contributed by atoms with E-state index in [1.54, 1.807) is 0 Å². The van der Waals surface area contributed by atoms with Gasteiger partial charge in [0.05, 0.1) is 5.41 Å². The topological polar surface area (TPSA) is 0 Å². The molecule has 0 aliphatic heterocycles. The first-order chi connectivity index (χ1) is 18.8. The van der Waals surface area contributed by atoms with Crippen molar-refractivity contribution < 1.29 is 0 Å². The molecular formula is C37H25Cl. The van der Waals surface area contributed by atoms with Gasteiger partial charge in [0.2, 0.25) is 0 Å². The van der Waals surface area contributed by atoms with E-state index >= 15 is 0 Å². The van der Waals surface area contributed by atoms with Crippen molar-refractivity contribution in [2.24, 2.45) is 0 Å². The summed E-state index contributed by atoms with van der Waals surface area (Å²) in [5, 5.41) is 0.739. The van der Waals surface area contributed by atoms with Crippen LogP contribution in [0.25, 0.3) is 33.4 Å². The van der Waals surface area contributed by atoms with Crippen molar-refractivity contribution in [2.45, 2.75) is 5.41 Å². The summed E-state index contributed by atoms with van der Waals surface area (Å²) < 4.78 is 0. The molecule has 1 aliphatic rings. The molecule has 6 aromatic rings. The molecule has 0 spiro atoms. The first-order valence-electron chi connectivity index (χ1n) is 13.0. The van der Waals surface area contributed by atoms with Gasteiger partial charge in [0.15, 0.2) is 0 Å². The fourth-order valence-corrected chi connectivity index (χ4v) is 6.41. The minimum Gasteiger partial charge on any atom is -0.0843 e. The number of fused-ring (bicyclic) bond motifs is 3. The van der Waals surface area contributed by atoms with Crippen molar-refractivity contribution in [3.8, 4) is 33.4 Å². The van der Waals surface area contributed by atoms with Crippen molar-refractivity contribution >= 4 is 11.6 Å². The SMILES string of the molecule is Clc1ccc(-c2ccccc2)c(-c2ccc(C3(c4ccccc4)c4ccccc4-c4ccccc43)cc2)c1. The van der Waals surface area contributed by atoms with Crippen molar-refractivity contribution in [2.75, 3.05) is 0 Å². The molecule has 6 aromatic carbocycles. The molecule has 1 aliphatic carbocycles. The Bertz CT molecular complexity index is 1700. The fourth-order valence-electron chi connectivity index (χ4n) is 6.24. The van der Waals surface area contributed by atoms with Gasteiger partial charge < -0.3 is 0 Å². The first kappa shape index (κ1) is 22.8. The Labute approximate surface area is 228 Å². The average Bonchev–Trinajstić information content (AvgIpc) is 3.29. The largest absolute Gasteiger partial charge is 0.0843 e. The summed E-state index contributed by atoms with van der Waals surface area (Å²) in [5.41, 5.74) is 12.1. The molecular weight excluding hydrogens is 480 g/mol. The lowest BCUT2D eigenvalue weighted by molar-refractivity contribution is 0.768. The van der Waals surface area contributed by atoms with E-state index in [0.717, 1.165) is 16.1 Å². The van der Waals surface area contributed by atoms with Gasteiger partial charge in [-0.3, -0.25) is 0 Å². The molecule has 0 unspecified atom stereocenters. The van der Waals surface area contributed by atoms with Crippen LogP contribution in [0.4, 0.5) is 0 Å². The maximum absolute atomic E-state index is 6.50. The number of rotatable bonds is 4. The fraction of sp³-hybridized carbons (Fsp3) is 0.0270. The van der Waals surface area contributed by atoms with E-state index in [1.165, 1.54) is 44.5 Å². The van der Waals surface area contributed by atoms with Crippen LogP contribution < -0.4 is 0 Å². The highest BCUT2D eigenvalue weighted by atomic mass is 35.5. The maximum atomic E-state index is 6.50. The van der Waals surface area contributed by atoms with Crippen LogP contribution in [-0.4, -0.2) is 0 Å². The van der Waals surface area contributed by atoms with Gasteiger partial charge in [0, 0.05) is 5.02 Å². The summed E-state index contributed by atoms with van der Waals surface area (Å²) in [6, 6.07) is 54.4. The summed E-state index contributed by atoms with van der Waals surface area (Å²) in [7, 11) is 0. The van der Waals surface area contributed by atoms with Gasteiger partial charge in [-0.05, 0) is 67.8 Å². The number of hydrogen-bond acceptors (Lipinski definition) is 0. The standard InChI is InChI=1S/C37H25Cl/c38-30-23-24-31(26-11-3-1-4-12-26)34(25-30)27-19-21-29(22-20-27)37(28-13-5-2-6-14-28)35-17-9-7-15-32(35)33-16-8-10-18-36(33)37/h1-25H. The zero-order valence-electron chi connectivity index (χ0n) is 20.8. The number of benzene rings is 6. The number of halogens is 1. The van der Waals surface area contributed by atoms with Crippen molar-refractivity contribution in [1.82, 2.24) is 0 Å². The third-order valence-electron chi connectivity index (χ3n) is 7.85. The van der Waals surface area contributed by atoms with Crippen LogP contribution in [0.3, 0.4) is 0 Å². The second kappa shape index (κ2) is 9.17. The molecule has 0 radical (unpaired) electrons. The van der Waals surface area contributed by atoms with E-state index in [1.807, 2.05) is 12.1 Å². The molecule has 0 saturated carbocycles. The Morgan fingerprint density at radius 3 is 1.50 bits per heavy atom. The Morgan fingerprint density at radius 2 is 0.868 bits per heavy atom. The van der Waals surface area contributed by atoms with Gasteiger partial charge in [-0.2, -0.15) is 0 Å². The molecule has 0 N–H and O–H groups in total. The van der Waals surface area contributed by atoms with Gasteiger partial charge >= 0.3 is 0 Å². The molecule has 38 heavy (non-hydrogen) atoms. The quantitative estimate of drug-likeness (QED) is 0.223. The third kappa shape index (κ3) is 3.45. The molecule has 0 aromatic heterocycles. The zero-order valence-corrected chi connectivity index (χ0v) is 21.6. The monoisotopic (exact) mass is 504 g/mol. The van der Waals surface area contributed by atoms with Crippen LogP contribution in [0, 0.1) is 0 Å². The van der Waals surface area contributed by atoms with E-state index in [2.05, 4.69) is 140 Å². The van der Waals surface area contributed by atoms with Crippen LogP contribution in [-0.2, 0) is 5.41 Å². The molecule has 0 atom stereocenters. The minimum atomic E-state index is -0.385. The predicted octanol–water partition coefficient (Wildman–Crippen LogP) is 10.0. The molecule has 180 valence electrons. The van der Waals surface area contributed by atoms with Crippen LogP contribution >= 0.6 is 11.6 Å². The van der Waals surface area contributed by atoms with E-state index in [0.29, 0.717) is 0 Å². The molecule has 0 fully saturated rings. The van der Waals surface area contributed by atoms with E-state index in [9.17, 15) is 0 Å². The lowest BCUT2D eigenvalue weighted by atomic mass is 9.67. The molecule has 1 heteroatoms. The first-order valence-corrected chi connectivity index (χ1v) is 13.4. The van der Waals surface area contributed by atoms with Gasteiger partial charge in [-0.1, -0.05) is 151 Å². The lowest BCUT2D eigenvalue weighted by Crippen LogP contribution is -2.28. The summed E-state index contributed by atoms with van der Waals surface area (Å²) in [6.07, 6.45) is 0. The summed E-state index contributed by atoms with van der Waals surface area (Å²) in [5.74, 6) is 0. The Balaban J connectivity index is 1.45. The summed E-state index contributed by atoms with van der Waals surface area (Å²) in [4.78, 5) is 0. The van der Waals surface area contributed by atoms with Crippen LogP contribution in [0.2, 0.25) is 5.02 Å². The van der Waals surface area contributed by atoms with Crippen LogP contribution in [0.15, 0.2) is 152 Å². The lowest BCUT2D eigenvalue weighted by Gasteiger charge is -2.34. The zero-order chi connectivity index (χ0) is 25.5. The van der Waals surface area contributed by atoms with E-state index in [4.69, 9.17) is 11.6 Å². The maximum Gasteiger partial charge on any atom is 0.0713 e. The normalized spacial score (nSPS) is 13.1. The highest BCUT2D eigenvalue weighted by molar-refractivity contribution is 6.31. The van der Waals surface area contributed by atoms with Gasteiger partial charge in [-0.15, -0.1) is 0 Å². The second-order valence-electron chi connectivity index (χ2n) is 9.84. The highest BCUT2D eigenvalue weighted by Gasteiger charge is 2.45. The molecule has 0 amide bonds. The average molecular weight is 505 g/mol. The predicted molar refractivity (Wildman–Crippen MR) is 160 cm³/mol. The Morgan fingerprint density at radius 1 is 0.368 bits per heavy atom. The van der Waals surface area contributed by atoms with Gasteiger partial charge in [0.1, 0.15) is 0 Å². The van der Waals surface area contributed by atoms with Gasteiger partial charge in [-0.25, -0.2) is 0 Å². The van der Waals surface area contributed by atoms with Crippen molar-refractivity contribution in [3.63, 3.8) is 0 Å². The summed E-state index contributed by atoms with van der Waals surface area (Å²) in [6.45, 7) is 0. The van der Waals surface area contributed by atoms with Crippen molar-refractivity contribution in [3.05, 3.63) is 179 Å². The molecule has 0 saturated heterocycles. The number of hydrogen-bond donors (Lipinski definition) is 0. The summed E-state index contributed by atoms with van der Waals surface area (Å²) >= 11 is 6.50. The highest BCUT2D eigenvalue weighted by Crippen LogP contribution is 2.56. The second-order valence-corrected chi connectivity index (χ2v) is 10.3. The smallest absolute Gasteiger partial charge is 0.0713 e. The molecule has 0 nitrogen and oxygen atoms in total. The van der Waals surface area contributed by atoms with Gasteiger partial charge in [0.25, 0.3) is 0 Å². The van der Waals surface area contributed by atoms with E-state index < -0.39 is 0 Å². The molecule has 0 heterocycles. The van der Waals surface area contributed by atoms with Crippen LogP contribution in [0.5, 0.6) is 0 Å². The van der Waals surface area contributed by atoms with E-state index in [-0.39, 0.29) is 5.41 Å². The minimum absolute atomic E-state index is 0.385. The van der Waals surface area contributed by atoms with Crippen LogP contribution in [0.1, 0.15) is 22.3 Å². The third-order valence-corrected chi connectivity index (χ3v) is 8.09. The molecule has 7 rings (SSSR count). The van der Waals surface area contributed by atoms with Crippen molar-refractivity contribution in [1.29, 1.82) is 0 Å². The Kier molecular flexibility index (Phi) is 5.50. The molecule has 0 bridgehead atoms.